The van der Waals surface area contributed by atoms with Gasteiger partial charge in [0.1, 0.15) is 0 Å². The van der Waals surface area contributed by atoms with Crippen molar-refractivity contribution in [1.29, 1.82) is 0 Å². The maximum Gasteiger partial charge on any atom is 0.359 e. The smallest absolute Gasteiger partial charge is 0.359 e. The van der Waals surface area contributed by atoms with Crippen molar-refractivity contribution < 1.29 is 14.3 Å². The third kappa shape index (κ3) is 4.79. The van der Waals surface area contributed by atoms with Crippen molar-refractivity contribution in [2.75, 3.05) is 25.6 Å². The van der Waals surface area contributed by atoms with Gasteiger partial charge in [0.25, 0.3) is 0 Å². The van der Waals surface area contributed by atoms with Crippen molar-refractivity contribution in [3.05, 3.63) is 83.7 Å². The number of anilines is 1. The van der Waals surface area contributed by atoms with E-state index in [9.17, 15) is 9.59 Å². The molecule has 0 N–H and O–H groups in total. The molecule has 6 nitrogen and oxygen atoms in total. The zero-order valence-corrected chi connectivity index (χ0v) is 16.7. The standard InChI is InChI=1S/C23H23N3O3/c1-4-29-23(28)22-18(16-26(24-22)20-8-6-5-7-9-20)12-15-21(27)17-10-13-19(14-11-17)25(2)3/h5-16H,4H2,1-3H3/b15-12+. The number of para-hydroxylation sites is 1. The molecule has 2 aromatic carbocycles. The highest BCUT2D eigenvalue weighted by Crippen LogP contribution is 2.17. The molecule has 0 atom stereocenters. The van der Waals surface area contributed by atoms with Crippen LogP contribution in [0, 0.1) is 0 Å². The second kappa shape index (κ2) is 9.01. The normalized spacial score (nSPS) is 10.9. The van der Waals surface area contributed by atoms with Crippen LogP contribution in [0.15, 0.2) is 66.9 Å². The van der Waals surface area contributed by atoms with E-state index in [-0.39, 0.29) is 18.1 Å². The van der Waals surface area contributed by atoms with Crippen LogP contribution in [0.2, 0.25) is 0 Å². The first kappa shape index (κ1) is 20.1. The van der Waals surface area contributed by atoms with Crippen molar-refractivity contribution in [3.8, 4) is 5.69 Å². The van der Waals surface area contributed by atoms with E-state index in [2.05, 4.69) is 5.10 Å². The van der Waals surface area contributed by atoms with Crippen LogP contribution < -0.4 is 4.90 Å². The van der Waals surface area contributed by atoms with E-state index in [1.54, 1.807) is 36.0 Å². The lowest BCUT2D eigenvalue weighted by atomic mass is 10.1. The third-order valence-corrected chi connectivity index (χ3v) is 4.31. The van der Waals surface area contributed by atoms with Gasteiger partial charge in [0.2, 0.25) is 0 Å². The van der Waals surface area contributed by atoms with Crippen LogP contribution in [0.25, 0.3) is 11.8 Å². The molecule has 0 unspecified atom stereocenters. The lowest BCUT2D eigenvalue weighted by molar-refractivity contribution is 0.0518. The van der Waals surface area contributed by atoms with E-state index in [1.165, 1.54) is 6.08 Å². The summed E-state index contributed by atoms with van der Waals surface area (Å²) in [6.45, 7) is 1.99. The van der Waals surface area contributed by atoms with Crippen molar-refractivity contribution in [3.63, 3.8) is 0 Å². The molecule has 0 aliphatic heterocycles. The number of allylic oxidation sites excluding steroid dienone is 1. The van der Waals surface area contributed by atoms with Gasteiger partial charge in [-0.25, -0.2) is 9.48 Å². The summed E-state index contributed by atoms with van der Waals surface area (Å²) in [6.07, 6.45) is 4.75. The molecule has 0 radical (unpaired) electrons. The molecule has 0 saturated carbocycles. The van der Waals surface area contributed by atoms with Gasteiger partial charge in [0.15, 0.2) is 11.5 Å². The fourth-order valence-electron chi connectivity index (χ4n) is 2.77. The SMILES string of the molecule is CCOC(=O)c1nn(-c2ccccc2)cc1/C=C/C(=O)c1ccc(N(C)C)cc1. The maximum atomic E-state index is 12.5. The number of nitrogens with zero attached hydrogens (tertiary/aromatic N) is 3. The first-order valence-electron chi connectivity index (χ1n) is 9.31. The summed E-state index contributed by atoms with van der Waals surface area (Å²) in [5, 5.41) is 4.35. The molecule has 0 spiro atoms. The molecule has 29 heavy (non-hydrogen) atoms. The molecular weight excluding hydrogens is 366 g/mol. The van der Waals surface area contributed by atoms with E-state index >= 15 is 0 Å². The topological polar surface area (TPSA) is 64.4 Å². The van der Waals surface area contributed by atoms with Crippen molar-refractivity contribution in [1.82, 2.24) is 9.78 Å². The second-order valence-corrected chi connectivity index (χ2v) is 6.57. The predicted octanol–water partition coefficient (Wildman–Crippen LogP) is 4.01. The Labute approximate surface area is 170 Å². The maximum absolute atomic E-state index is 12.5. The van der Waals surface area contributed by atoms with Crippen LogP contribution in [0.5, 0.6) is 0 Å². The van der Waals surface area contributed by atoms with Gasteiger partial charge in [-0.15, -0.1) is 0 Å². The Balaban J connectivity index is 1.89. The van der Waals surface area contributed by atoms with E-state index in [0.717, 1.165) is 11.4 Å². The van der Waals surface area contributed by atoms with Gasteiger partial charge in [-0.2, -0.15) is 5.10 Å². The Hall–Kier alpha value is -3.67. The van der Waals surface area contributed by atoms with Crippen LogP contribution >= 0.6 is 0 Å². The lowest BCUT2D eigenvalue weighted by Gasteiger charge is -2.11. The van der Waals surface area contributed by atoms with Crippen LogP contribution in [-0.4, -0.2) is 42.2 Å². The fraction of sp³-hybridized carbons (Fsp3) is 0.174. The Kier molecular flexibility index (Phi) is 6.24. The number of esters is 1. The average molecular weight is 389 g/mol. The van der Waals surface area contributed by atoms with E-state index in [4.69, 9.17) is 4.74 Å². The highest BCUT2D eigenvalue weighted by Gasteiger charge is 2.17. The largest absolute Gasteiger partial charge is 0.461 e. The molecule has 1 heterocycles. The summed E-state index contributed by atoms with van der Waals surface area (Å²) in [6, 6.07) is 16.8. The lowest BCUT2D eigenvalue weighted by Crippen LogP contribution is -2.08. The van der Waals surface area contributed by atoms with Crippen molar-refractivity contribution in [2.45, 2.75) is 6.92 Å². The average Bonchev–Trinajstić information content (AvgIpc) is 3.17. The van der Waals surface area contributed by atoms with E-state index in [1.807, 2.05) is 61.5 Å². The third-order valence-electron chi connectivity index (χ3n) is 4.31. The zero-order valence-electron chi connectivity index (χ0n) is 16.7. The summed E-state index contributed by atoms with van der Waals surface area (Å²) < 4.78 is 6.71. The van der Waals surface area contributed by atoms with Gasteiger partial charge in [-0.1, -0.05) is 18.2 Å². The minimum absolute atomic E-state index is 0.155. The van der Waals surface area contributed by atoms with Gasteiger partial charge < -0.3 is 9.64 Å². The van der Waals surface area contributed by atoms with Crippen LogP contribution in [0.4, 0.5) is 5.69 Å². The minimum atomic E-state index is -0.524. The first-order valence-corrected chi connectivity index (χ1v) is 9.31. The highest BCUT2D eigenvalue weighted by molar-refractivity contribution is 6.07. The zero-order chi connectivity index (χ0) is 20.8. The van der Waals surface area contributed by atoms with Gasteiger partial charge in [0, 0.05) is 37.1 Å². The quantitative estimate of drug-likeness (QED) is 0.347. The molecule has 3 rings (SSSR count). The molecule has 6 heteroatoms. The summed E-state index contributed by atoms with van der Waals surface area (Å²) in [4.78, 5) is 26.8. The summed E-state index contributed by atoms with van der Waals surface area (Å²) in [5.74, 6) is -0.679. The molecule has 0 aliphatic carbocycles. The van der Waals surface area contributed by atoms with Crippen LogP contribution in [0.1, 0.15) is 33.3 Å². The summed E-state index contributed by atoms with van der Waals surface area (Å²) in [7, 11) is 3.88. The molecule has 0 aliphatic rings. The number of carbonyl (C=O) groups is 2. The number of ether oxygens (including phenoxy) is 1. The van der Waals surface area contributed by atoms with E-state index < -0.39 is 5.97 Å². The van der Waals surface area contributed by atoms with Gasteiger partial charge >= 0.3 is 5.97 Å². The van der Waals surface area contributed by atoms with Gasteiger partial charge in [0.05, 0.1) is 12.3 Å². The Morgan fingerprint density at radius 1 is 1.07 bits per heavy atom. The molecule has 1 aromatic heterocycles. The molecule has 0 amide bonds. The summed E-state index contributed by atoms with van der Waals surface area (Å²) in [5.41, 5.74) is 3.08. The number of hydrogen-bond donors (Lipinski definition) is 0. The number of aromatic nitrogens is 2. The first-order chi connectivity index (χ1) is 14.0. The molecule has 0 saturated heterocycles. The molecular formula is C23H23N3O3. The Morgan fingerprint density at radius 2 is 1.76 bits per heavy atom. The van der Waals surface area contributed by atoms with Gasteiger partial charge in [-0.05, 0) is 55.5 Å². The fourth-order valence-corrected chi connectivity index (χ4v) is 2.77. The second-order valence-electron chi connectivity index (χ2n) is 6.57. The molecule has 3 aromatic rings. The Morgan fingerprint density at radius 3 is 2.38 bits per heavy atom. The highest BCUT2D eigenvalue weighted by atomic mass is 16.5. The van der Waals surface area contributed by atoms with Crippen molar-refractivity contribution in [2.24, 2.45) is 0 Å². The Bertz CT molecular complexity index is 1020. The minimum Gasteiger partial charge on any atom is -0.461 e. The van der Waals surface area contributed by atoms with Crippen LogP contribution in [-0.2, 0) is 4.74 Å². The van der Waals surface area contributed by atoms with Crippen LogP contribution in [0.3, 0.4) is 0 Å². The number of carbonyl (C=O) groups excluding carboxylic acids is 2. The van der Waals surface area contributed by atoms with Crippen molar-refractivity contribution >= 4 is 23.5 Å². The molecule has 148 valence electrons. The summed E-state index contributed by atoms with van der Waals surface area (Å²) >= 11 is 0. The molecule has 0 fully saturated rings. The monoisotopic (exact) mass is 389 g/mol. The van der Waals surface area contributed by atoms with Gasteiger partial charge in [-0.3, -0.25) is 4.79 Å². The van der Waals surface area contributed by atoms with E-state index in [0.29, 0.717) is 11.1 Å². The number of benzene rings is 2. The predicted molar refractivity (Wildman–Crippen MR) is 114 cm³/mol. The number of ketones is 1. The molecule has 0 bridgehead atoms. The number of hydrogen-bond acceptors (Lipinski definition) is 5. The number of rotatable bonds is 7.